The van der Waals surface area contributed by atoms with Crippen LogP contribution in [0.4, 0.5) is 0 Å². The van der Waals surface area contributed by atoms with E-state index in [-0.39, 0.29) is 0 Å². The van der Waals surface area contributed by atoms with E-state index in [1.54, 1.807) is 0 Å². The summed E-state index contributed by atoms with van der Waals surface area (Å²) in [7, 11) is 0. The van der Waals surface area contributed by atoms with Gasteiger partial charge in [0.25, 0.3) is 0 Å². The SMILES string of the molecule is C=CCOCCCCCCCCCCCC1(CCCCC)SC=CS1. The number of hydrogen-bond donors (Lipinski definition) is 0. The topological polar surface area (TPSA) is 9.23 Å². The molecule has 1 rings (SSSR count). The van der Waals surface area contributed by atoms with Gasteiger partial charge in [-0.25, -0.2) is 0 Å². The molecule has 0 aromatic rings. The van der Waals surface area contributed by atoms with Gasteiger partial charge in [-0.1, -0.05) is 83.6 Å². The second-order valence-electron chi connectivity index (χ2n) is 7.17. The molecule has 25 heavy (non-hydrogen) atoms. The highest BCUT2D eigenvalue weighted by Crippen LogP contribution is 2.51. The minimum atomic E-state index is 0.489. The van der Waals surface area contributed by atoms with Gasteiger partial charge < -0.3 is 4.74 Å². The zero-order valence-electron chi connectivity index (χ0n) is 16.5. The first-order valence-corrected chi connectivity index (χ1v) is 12.3. The number of ether oxygens (including phenoxy) is 1. The van der Waals surface area contributed by atoms with Crippen LogP contribution >= 0.6 is 23.5 Å². The largest absolute Gasteiger partial charge is 0.377 e. The second-order valence-corrected chi connectivity index (χ2v) is 10.0. The van der Waals surface area contributed by atoms with Gasteiger partial charge in [-0.05, 0) is 30.1 Å². The lowest BCUT2D eigenvalue weighted by Gasteiger charge is -2.27. The summed E-state index contributed by atoms with van der Waals surface area (Å²) in [6.07, 6.45) is 21.1. The average Bonchev–Trinajstić information content (AvgIpc) is 3.08. The Balaban J connectivity index is 1.89. The Kier molecular flexibility index (Phi) is 15.1. The van der Waals surface area contributed by atoms with Gasteiger partial charge >= 0.3 is 0 Å². The van der Waals surface area contributed by atoms with E-state index in [0.717, 1.165) is 6.61 Å². The molecule has 0 atom stereocenters. The van der Waals surface area contributed by atoms with Crippen molar-refractivity contribution in [3.05, 3.63) is 23.5 Å². The number of hydrogen-bond acceptors (Lipinski definition) is 3. The predicted molar refractivity (Wildman–Crippen MR) is 118 cm³/mol. The third-order valence-electron chi connectivity index (χ3n) is 4.86. The van der Waals surface area contributed by atoms with Crippen molar-refractivity contribution in [2.75, 3.05) is 13.2 Å². The molecular weight excluding hydrogens is 344 g/mol. The molecule has 0 saturated carbocycles. The van der Waals surface area contributed by atoms with Crippen LogP contribution in [0.15, 0.2) is 23.5 Å². The van der Waals surface area contributed by atoms with Crippen LogP contribution in [0.2, 0.25) is 0 Å². The normalized spacial score (nSPS) is 15.7. The van der Waals surface area contributed by atoms with Crippen molar-refractivity contribution in [1.29, 1.82) is 0 Å². The molecule has 0 N–H and O–H groups in total. The first-order chi connectivity index (χ1) is 12.3. The Morgan fingerprint density at radius 2 is 1.32 bits per heavy atom. The third-order valence-corrected chi connectivity index (χ3v) is 7.83. The summed E-state index contributed by atoms with van der Waals surface area (Å²) < 4.78 is 5.90. The molecule has 0 radical (unpaired) electrons. The Morgan fingerprint density at radius 1 is 0.800 bits per heavy atom. The molecule has 1 heterocycles. The van der Waals surface area contributed by atoms with Crippen LogP contribution in [0.5, 0.6) is 0 Å². The molecule has 0 saturated heterocycles. The van der Waals surface area contributed by atoms with Gasteiger partial charge in [0.2, 0.25) is 0 Å². The first-order valence-electron chi connectivity index (χ1n) is 10.5. The molecule has 0 fully saturated rings. The van der Waals surface area contributed by atoms with E-state index in [0.29, 0.717) is 10.7 Å². The van der Waals surface area contributed by atoms with Gasteiger partial charge in [0.1, 0.15) is 0 Å². The van der Waals surface area contributed by atoms with Crippen molar-refractivity contribution in [2.45, 2.75) is 101 Å². The van der Waals surface area contributed by atoms with Crippen molar-refractivity contribution in [3.63, 3.8) is 0 Å². The molecule has 0 spiro atoms. The fourth-order valence-electron chi connectivity index (χ4n) is 3.34. The Bertz CT molecular complexity index is 333. The summed E-state index contributed by atoms with van der Waals surface area (Å²) in [6.45, 7) is 7.56. The monoisotopic (exact) mass is 384 g/mol. The molecule has 1 aliphatic rings. The third kappa shape index (κ3) is 12.2. The Morgan fingerprint density at radius 3 is 1.88 bits per heavy atom. The van der Waals surface area contributed by atoms with E-state index in [1.807, 2.05) is 6.08 Å². The number of thioether (sulfide) groups is 2. The van der Waals surface area contributed by atoms with Crippen molar-refractivity contribution >= 4 is 23.5 Å². The van der Waals surface area contributed by atoms with Gasteiger partial charge in [-0.15, -0.1) is 30.1 Å². The van der Waals surface area contributed by atoms with Crippen LogP contribution in [0.1, 0.15) is 96.8 Å². The van der Waals surface area contributed by atoms with Crippen LogP contribution in [0.3, 0.4) is 0 Å². The Hall–Kier alpha value is 0.140. The molecule has 0 aromatic carbocycles. The van der Waals surface area contributed by atoms with E-state index in [1.165, 1.54) is 89.9 Å². The summed E-state index contributed by atoms with van der Waals surface area (Å²) in [4.78, 5) is 0. The standard InChI is InChI=1S/C22H40OS2/c1-3-5-13-16-22(24-20-21-25-22)17-14-11-9-7-6-8-10-12-15-19-23-18-4-2/h4,20-21H,2-3,5-19H2,1H3. The lowest BCUT2D eigenvalue weighted by molar-refractivity contribution is 0.157. The van der Waals surface area contributed by atoms with Crippen molar-refractivity contribution < 1.29 is 4.74 Å². The highest BCUT2D eigenvalue weighted by atomic mass is 32.2. The number of unbranched alkanes of at least 4 members (excludes halogenated alkanes) is 10. The maximum Gasteiger partial charge on any atom is 0.0693 e. The van der Waals surface area contributed by atoms with Gasteiger partial charge in [0.05, 0.1) is 10.7 Å². The van der Waals surface area contributed by atoms with Crippen molar-refractivity contribution in [3.8, 4) is 0 Å². The average molecular weight is 385 g/mol. The predicted octanol–water partition coefficient (Wildman–Crippen LogP) is 8.32. The molecule has 0 unspecified atom stereocenters. The molecule has 0 aliphatic carbocycles. The second kappa shape index (κ2) is 16.3. The lowest BCUT2D eigenvalue weighted by atomic mass is 10.0. The van der Waals surface area contributed by atoms with Crippen LogP contribution in [0.25, 0.3) is 0 Å². The van der Waals surface area contributed by atoms with E-state index in [2.05, 4.69) is 47.8 Å². The van der Waals surface area contributed by atoms with E-state index in [9.17, 15) is 0 Å². The fraction of sp³-hybridized carbons (Fsp3) is 0.818. The maximum atomic E-state index is 5.41. The minimum absolute atomic E-state index is 0.489. The smallest absolute Gasteiger partial charge is 0.0693 e. The molecule has 146 valence electrons. The van der Waals surface area contributed by atoms with Crippen molar-refractivity contribution in [2.24, 2.45) is 0 Å². The lowest BCUT2D eigenvalue weighted by Crippen LogP contribution is -2.16. The summed E-state index contributed by atoms with van der Waals surface area (Å²) in [5.74, 6) is 0. The van der Waals surface area contributed by atoms with Crippen molar-refractivity contribution in [1.82, 2.24) is 0 Å². The van der Waals surface area contributed by atoms with Crippen LogP contribution < -0.4 is 0 Å². The molecule has 1 aliphatic heterocycles. The van der Waals surface area contributed by atoms with Crippen LogP contribution in [0, 0.1) is 0 Å². The zero-order chi connectivity index (χ0) is 18.1. The molecule has 0 bridgehead atoms. The maximum absolute atomic E-state index is 5.41. The molecular formula is C22H40OS2. The van der Waals surface area contributed by atoms with Crippen LogP contribution in [-0.2, 0) is 4.74 Å². The molecule has 3 heteroatoms. The highest BCUT2D eigenvalue weighted by Gasteiger charge is 2.31. The quantitative estimate of drug-likeness (QED) is 0.174. The number of rotatable bonds is 18. The summed E-state index contributed by atoms with van der Waals surface area (Å²) in [5.41, 5.74) is 0. The molecule has 1 nitrogen and oxygen atoms in total. The molecule has 0 amide bonds. The highest BCUT2D eigenvalue weighted by molar-refractivity contribution is 8.23. The van der Waals surface area contributed by atoms with Crippen LogP contribution in [-0.4, -0.2) is 17.3 Å². The zero-order valence-corrected chi connectivity index (χ0v) is 18.1. The summed E-state index contributed by atoms with van der Waals surface area (Å²) in [6, 6.07) is 0. The summed E-state index contributed by atoms with van der Waals surface area (Å²) in [5, 5.41) is 4.64. The van der Waals surface area contributed by atoms with Gasteiger partial charge in [-0.2, -0.15) is 0 Å². The first kappa shape index (κ1) is 23.2. The molecule has 0 aromatic heterocycles. The van der Waals surface area contributed by atoms with Gasteiger partial charge in [0.15, 0.2) is 0 Å². The van der Waals surface area contributed by atoms with Gasteiger partial charge in [0, 0.05) is 6.61 Å². The van der Waals surface area contributed by atoms with Gasteiger partial charge in [-0.3, -0.25) is 0 Å². The Labute approximate surface area is 165 Å². The van der Waals surface area contributed by atoms with E-state index >= 15 is 0 Å². The fourth-order valence-corrected chi connectivity index (χ4v) is 5.88. The van der Waals surface area contributed by atoms with E-state index < -0.39 is 0 Å². The van der Waals surface area contributed by atoms with E-state index in [4.69, 9.17) is 4.74 Å². The minimum Gasteiger partial charge on any atom is -0.377 e. The summed E-state index contributed by atoms with van der Waals surface area (Å²) >= 11 is 4.18.